The van der Waals surface area contributed by atoms with E-state index >= 15 is 0 Å². The van der Waals surface area contributed by atoms with Crippen LogP contribution in [0.4, 0.5) is 0 Å². The second-order valence-electron chi connectivity index (χ2n) is 9.00. The van der Waals surface area contributed by atoms with Crippen LogP contribution in [0.1, 0.15) is 65.2 Å². The van der Waals surface area contributed by atoms with Crippen molar-refractivity contribution in [2.45, 2.75) is 71.8 Å². The molecule has 1 aromatic carbocycles. The van der Waals surface area contributed by atoms with Gasteiger partial charge in [-0.3, -0.25) is 0 Å². The summed E-state index contributed by atoms with van der Waals surface area (Å²) in [7, 11) is 0. The second-order valence-corrected chi connectivity index (χ2v) is 9.00. The number of rotatable bonds is 4. The van der Waals surface area contributed by atoms with Crippen molar-refractivity contribution in [3.63, 3.8) is 0 Å². The number of benzene rings is 1. The van der Waals surface area contributed by atoms with Crippen molar-refractivity contribution in [2.24, 2.45) is 0 Å². The van der Waals surface area contributed by atoms with E-state index in [1.165, 1.54) is 5.57 Å². The Hall–Kier alpha value is -2.29. The Kier molecular flexibility index (Phi) is 4.62. The van der Waals surface area contributed by atoms with Crippen molar-refractivity contribution >= 4 is 11.0 Å². The van der Waals surface area contributed by atoms with Crippen LogP contribution < -0.4 is 10.4 Å². The highest BCUT2D eigenvalue weighted by molar-refractivity contribution is 5.86. The lowest BCUT2D eigenvalue weighted by atomic mass is 9.79. The van der Waals surface area contributed by atoms with Gasteiger partial charge in [-0.15, -0.1) is 6.58 Å². The van der Waals surface area contributed by atoms with Crippen LogP contribution >= 0.6 is 0 Å². The molecule has 3 heteroatoms. The molecule has 2 aromatic rings. The van der Waals surface area contributed by atoms with Gasteiger partial charge in [0.15, 0.2) is 0 Å². The minimum absolute atomic E-state index is 0.0122. The monoisotopic (exact) mass is 366 g/mol. The molecule has 0 radical (unpaired) electrons. The maximum atomic E-state index is 12.8. The lowest BCUT2D eigenvalue weighted by molar-refractivity contribution is 0.184. The predicted molar refractivity (Wildman–Crippen MR) is 112 cm³/mol. The standard InChI is InChI=1S/C24H30O3/c1-9-23(5,6)18-13-17-12-16(11-10-14(2)3)20-19(21(17)27-22(18)25)24(7,8)15(4)26-20/h9-10,12-13,15H,1,11H2,2-8H3. The molecule has 1 aliphatic heterocycles. The van der Waals surface area contributed by atoms with E-state index in [1.54, 1.807) is 6.08 Å². The van der Waals surface area contributed by atoms with E-state index in [-0.39, 0.29) is 17.1 Å². The van der Waals surface area contributed by atoms with Crippen molar-refractivity contribution in [2.75, 3.05) is 0 Å². The number of allylic oxidation sites excluding steroid dienone is 3. The lowest BCUT2D eigenvalue weighted by Gasteiger charge is -2.23. The number of hydrogen-bond donors (Lipinski definition) is 0. The summed E-state index contributed by atoms with van der Waals surface area (Å²) in [5.74, 6) is 0.872. The topological polar surface area (TPSA) is 39.4 Å². The summed E-state index contributed by atoms with van der Waals surface area (Å²) < 4.78 is 12.1. The van der Waals surface area contributed by atoms with E-state index < -0.39 is 5.41 Å². The van der Waals surface area contributed by atoms with Crippen LogP contribution in [0.3, 0.4) is 0 Å². The molecule has 3 nitrogen and oxygen atoms in total. The molecule has 0 aliphatic carbocycles. The van der Waals surface area contributed by atoms with Crippen LogP contribution in [0.2, 0.25) is 0 Å². The van der Waals surface area contributed by atoms with Crippen molar-refractivity contribution in [3.8, 4) is 5.75 Å². The van der Waals surface area contributed by atoms with Crippen LogP contribution in [-0.2, 0) is 17.3 Å². The highest BCUT2D eigenvalue weighted by Gasteiger charge is 2.42. The highest BCUT2D eigenvalue weighted by Crippen LogP contribution is 2.48. The molecule has 1 aliphatic rings. The van der Waals surface area contributed by atoms with Crippen molar-refractivity contribution in [3.05, 3.63) is 63.5 Å². The lowest BCUT2D eigenvalue weighted by Crippen LogP contribution is -2.29. The van der Waals surface area contributed by atoms with Gasteiger partial charge in [0.2, 0.25) is 0 Å². The van der Waals surface area contributed by atoms with Crippen LogP contribution in [0.15, 0.2) is 45.6 Å². The molecule has 0 spiro atoms. The van der Waals surface area contributed by atoms with Gasteiger partial charge in [0.25, 0.3) is 0 Å². The van der Waals surface area contributed by atoms with Gasteiger partial charge in [0, 0.05) is 27.3 Å². The van der Waals surface area contributed by atoms with Gasteiger partial charge in [0.05, 0.1) is 0 Å². The van der Waals surface area contributed by atoms with Gasteiger partial charge >= 0.3 is 5.63 Å². The molecule has 144 valence electrons. The number of fused-ring (bicyclic) bond motifs is 3. The Labute approximate surface area is 161 Å². The van der Waals surface area contributed by atoms with E-state index in [4.69, 9.17) is 9.15 Å². The van der Waals surface area contributed by atoms with Crippen LogP contribution in [0.5, 0.6) is 5.75 Å². The maximum absolute atomic E-state index is 12.8. The minimum atomic E-state index is -0.451. The van der Waals surface area contributed by atoms with E-state index in [1.807, 2.05) is 19.9 Å². The molecule has 0 saturated carbocycles. The SMILES string of the molecule is C=CC(C)(C)c1cc2cc(CC=C(C)C)c3c(c2oc1=O)C(C)(C)C(C)O3. The molecular formula is C24H30O3. The predicted octanol–water partition coefficient (Wildman–Crippen LogP) is 5.82. The zero-order valence-corrected chi connectivity index (χ0v) is 17.5. The van der Waals surface area contributed by atoms with Crippen molar-refractivity contribution in [1.29, 1.82) is 0 Å². The van der Waals surface area contributed by atoms with E-state index in [0.29, 0.717) is 11.1 Å². The summed E-state index contributed by atoms with van der Waals surface area (Å²) in [4.78, 5) is 12.8. The highest BCUT2D eigenvalue weighted by atomic mass is 16.5. The van der Waals surface area contributed by atoms with E-state index in [2.05, 4.69) is 53.3 Å². The molecule has 0 N–H and O–H groups in total. The molecule has 0 bridgehead atoms. The molecule has 2 heterocycles. The van der Waals surface area contributed by atoms with Crippen LogP contribution in [0, 0.1) is 0 Å². The first-order chi connectivity index (χ1) is 12.5. The average molecular weight is 367 g/mol. The molecule has 0 saturated heterocycles. The third-order valence-electron chi connectivity index (χ3n) is 5.94. The quantitative estimate of drug-likeness (QED) is 0.505. The summed E-state index contributed by atoms with van der Waals surface area (Å²) in [6, 6.07) is 4.07. The van der Waals surface area contributed by atoms with Gasteiger partial charge < -0.3 is 9.15 Å². The fraction of sp³-hybridized carbons (Fsp3) is 0.458. The molecular weight excluding hydrogens is 336 g/mol. The Morgan fingerprint density at radius 3 is 2.56 bits per heavy atom. The van der Waals surface area contributed by atoms with E-state index in [9.17, 15) is 4.79 Å². The first-order valence-corrected chi connectivity index (χ1v) is 9.57. The van der Waals surface area contributed by atoms with Gasteiger partial charge in [-0.2, -0.15) is 0 Å². The zero-order valence-electron chi connectivity index (χ0n) is 17.5. The molecule has 0 fully saturated rings. The molecule has 3 rings (SSSR count). The van der Waals surface area contributed by atoms with Crippen LogP contribution in [-0.4, -0.2) is 6.10 Å². The fourth-order valence-corrected chi connectivity index (χ4v) is 3.58. The Morgan fingerprint density at radius 2 is 1.96 bits per heavy atom. The number of ether oxygens (including phenoxy) is 1. The zero-order chi connectivity index (χ0) is 20.1. The Morgan fingerprint density at radius 1 is 1.30 bits per heavy atom. The summed E-state index contributed by atoms with van der Waals surface area (Å²) in [6.07, 6.45) is 4.80. The van der Waals surface area contributed by atoms with E-state index in [0.717, 1.165) is 28.7 Å². The minimum Gasteiger partial charge on any atom is -0.489 e. The van der Waals surface area contributed by atoms with Gasteiger partial charge in [-0.25, -0.2) is 4.79 Å². The Balaban J connectivity index is 2.38. The first kappa shape index (κ1) is 19.5. The van der Waals surface area contributed by atoms with Crippen molar-refractivity contribution < 1.29 is 9.15 Å². The molecule has 1 unspecified atom stereocenters. The Bertz CT molecular complexity index is 998. The third-order valence-corrected chi connectivity index (χ3v) is 5.94. The smallest absolute Gasteiger partial charge is 0.340 e. The molecule has 1 atom stereocenters. The number of hydrogen-bond acceptors (Lipinski definition) is 3. The maximum Gasteiger partial charge on any atom is 0.340 e. The molecule has 27 heavy (non-hydrogen) atoms. The summed E-state index contributed by atoms with van der Waals surface area (Å²) in [5.41, 5.74) is 3.69. The fourth-order valence-electron chi connectivity index (χ4n) is 3.58. The molecule has 1 aromatic heterocycles. The summed E-state index contributed by atoms with van der Waals surface area (Å²) in [6.45, 7) is 18.4. The summed E-state index contributed by atoms with van der Waals surface area (Å²) in [5, 5.41) is 0.946. The second kappa shape index (κ2) is 6.40. The van der Waals surface area contributed by atoms with Gasteiger partial charge in [-0.1, -0.05) is 45.4 Å². The van der Waals surface area contributed by atoms with Crippen LogP contribution in [0.25, 0.3) is 11.0 Å². The van der Waals surface area contributed by atoms with Crippen molar-refractivity contribution in [1.82, 2.24) is 0 Å². The largest absolute Gasteiger partial charge is 0.489 e. The van der Waals surface area contributed by atoms with Gasteiger partial charge in [0.1, 0.15) is 17.4 Å². The average Bonchev–Trinajstić information content (AvgIpc) is 2.82. The molecule has 0 amide bonds. The normalized spacial score (nSPS) is 18.1. The van der Waals surface area contributed by atoms with Gasteiger partial charge in [-0.05, 0) is 44.9 Å². The third kappa shape index (κ3) is 3.13. The summed E-state index contributed by atoms with van der Waals surface area (Å²) >= 11 is 0. The first-order valence-electron chi connectivity index (χ1n) is 9.57.